The summed E-state index contributed by atoms with van der Waals surface area (Å²) in [5.74, 6) is -12.4. The molecule has 1 heterocycles. The summed E-state index contributed by atoms with van der Waals surface area (Å²) in [4.78, 5) is 13.2. The van der Waals surface area contributed by atoms with Gasteiger partial charge in [-0.05, 0) is 49.6 Å². The third-order valence-corrected chi connectivity index (χ3v) is 5.64. The van der Waals surface area contributed by atoms with Crippen LogP contribution in [0.5, 0.6) is 0 Å². The van der Waals surface area contributed by atoms with Crippen LogP contribution in [0.15, 0.2) is 53.3 Å². The average molecular weight is 496 g/mol. The SMILES string of the molecule is Cc1cccc(-c2cc(C(F)(F)C(F)(F)C(F)(F)F)c(C#N)c(=O)n2Cc2ccc(C)cc2C)c1. The summed E-state index contributed by atoms with van der Waals surface area (Å²) in [6.45, 7) is 4.97. The Hall–Kier alpha value is -3.61. The molecular formula is C25H19F7N2O. The van der Waals surface area contributed by atoms with Crippen molar-refractivity contribution in [3.8, 4) is 17.3 Å². The molecule has 184 valence electrons. The molecule has 0 atom stereocenters. The number of pyridine rings is 1. The topological polar surface area (TPSA) is 45.8 Å². The molecular weight excluding hydrogens is 477 g/mol. The molecule has 0 amide bonds. The second-order valence-corrected chi connectivity index (χ2v) is 8.27. The third kappa shape index (κ3) is 4.55. The van der Waals surface area contributed by atoms with Gasteiger partial charge in [0.2, 0.25) is 0 Å². The number of hydrogen-bond donors (Lipinski definition) is 0. The van der Waals surface area contributed by atoms with Gasteiger partial charge in [-0.2, -0.15) is 36.0 Å². The molecule has 3 nitrogen and oxygen atoms in total. The van der Waals surface area contributed by atoms with Gasteiger partial charge in [0, 0.05) is 0 Å². The number of nitrogens with zero attached hydrogens (tertiary/aromatic N) is 2. The van der Waals surface area contributed by atoms with Gasteiger partial charge in [0.05, 0.1) is 17.8 Å². The van der Waals surface area contributed by atoms with Crippen LogP contribution in [0.2, 0.25) is 0 Å². The highest BCUT2D eigenvalue weighted by molar-refractivity contribution is 5.64. The number of halogens is 7. The maximum atomic E-state index is 14.7. The van der Waals surface area contributed by atoms with E-state index in [1.54, 1.807) is 38.1 Å². The minimum atomic E-state index is -6.62. The first-order chi connectivity index (χ1) is 16.1. The Bertz CT molecular complexity index is 1380. The molecule has 0 radical (unpaired) electrons. The number of rotatable bonds is 5. The van der Waals surface area contributed by atoms with Crippen molar-refractivity contribution < 1.29 is 30.7 Å². The van der Waals surface area contributed by atoms with Gasteiger partial charge in [0.25, 0.3) is 5.56 Å². The summed E-state index contributed by atoms with van der Waals surface area (Å²) >= 11 is 0. The molecule has 0 bridgehead atoms. The first-order valence-corrected chi connectivity index (χ1v) is 10.3. The standard InChI is InChI=1S/C25H19F7N2O/c1-14-5-4-6-17(10-14)21-11-20(23(26,27)24(28,29)25(30,31)32)19(12-33)22(35)34(21)13-18-8-7-15(2)9-16(18)3/h4-11H,13H2,1-3H3. The number of hydrogen-bond acceptors (Lipinski definition) is 2. The summed E-state index contributed by atoms with van der Waals surface area (Å²) in [6.07, 6.45) is -6.62. The first-order valence-electron chi connectivity index (χ1n) is 10.3. The first kappa shape index (κ1) is 26.0. The molecule has 0 aliphatic carbocycles. The normalized spacial score (nSPS) is 12.5. The molecule has 0 aliphatic rings. The van der Waals surface area contributed by atoms with Crippen molar-refractivity contribution in [2.45, 2.75) is 45.3 Å². The fourth-order valence-corrected chi connectivity index (χ4v) is 3.74. The van der Waals surface area contributed by atoms with Gasteiger partial charge in [-0.15, -0.1) is 0 Å². The summed E-state index contributed by atoms with van der Waals surface area (Å²) in [5.41, 5.74) is -2.26. The molecule has 3 aromatic rings. The van der Waals surface area contributed by atoms with Crippen LogP contribution in [-0.2, 0) is 12.5 Å². The number of nitriles is 1. The summed E-state index contributed by atoms with van der Waals surface area (Å²) in [6, 6.07) is 12.7. The van der Waals surface area contributed by atoms with Gasteiger partial charge in [0.1, 0.15) is 11.6 Å². The van der Waals surface area contributed by atoms with E-state index in [2.05, 4.69) is 0 Å². The Labute approximate surface area is 196 Å². The number of aromatic nitrogens is 1. The summed E-state index contributed by atoms with van der Waals surface area (Å²) in [5, 5.41) is 9.40. The van der Waals surface area contributed by atoms with Crippen LogP contribution >= 0.6 is 0 Å². The van der Waals surface area contributed by atoms with E-state index in [-0.39, 0.29) is 17.8 Å². The maximum Gasteiger partial charge on any atom is 0.460 e. The van der Waals surface area contributed by atoms with Gasteiger partial charge in [0.15, 0.2) is 0 Å². The molecule has 10 heteroatoms. The van der Waals surface area contributed by atoms with Gasteiger partial charge < -0.3 is 4.57 Å². The van der Waals surface area contributed by atoms with Crippen molar-refractivity contribution in [2.24, 2.45) is 0 Å². The highest BCUT2D eigenvalue weighted by Crippen LogP contribution is 2.52. The lowest BCUT2D eigenvalue weighted by atomic mass is 9.95. The minimum Gasteiger partial charge on any atom is -0.303 e. The van der Waals surface area contributed by atoms with Gasteiger partial charge >= 0.3 is 18.0 Å². The summed E-state index contributed by atoms with van der Waals surface area (Å²) < 4.78 is 96.8. The zero-order valence-electron chi connectivity index (χ0n) is 18.8. The van der Waals surface area contributed by atoms with Crippen molar-refractivity contribution in [2.75, 3.05) is 0 Å². The smallest absolute Gasteiger partial charge is 0.303 e. The van der Waals surface area contributed by atoms with Crippen molar-refractivity contribution in [3.63, 3.8) is 0 Å². The monoisotopic (exact) mass is 496 g/mol. The van der Waals surface area contributed by atoms with E-state index in [0.717, 1.165) is 21.8 Å². The number of alkyl halides is 7. The van der Waals surface area contributed by atoms with Crippen molar-refractivity contribution >= 4 is 0 Å². The zero-order chi connectivity index (χ0) is 26.3. The van der Waals surface area contributed by atoms with Crippen LogP contribution in [0, 0.1) is 32.1 Å². The Kier molecular flexibility index (Phi) is 6.59. The predicted octanol–water partition coefficient (Wildman–Crippen LogP) is 6.65. The second kappa shape index (κ2) is 8.87. The van der Waals surface area contributed by atoms with Crippen molar-refractivity contribution in [1.82, 2.24) is 4.57 Å². The Morgan fingerprint density at radius 3 is 2.06 bits per heavy atom. The van der Waals surface area contributed by atoms with Crippen LogP contribution in [0.4, 0.5) is 30.7 Å². The minimum absolute atomic E-state index is 0.128. The molecule has 0 saturated carbocycles. The lowest BCUT2D eigenvalue weighted by Gasteiger charge is -2.29. The molecule has 0 unspecified atom stereocenters. The van der Waals surface area contributed by atoms with E-state index >= 15 is 0 Å². The van der Waals surface area contributed by atoms with E-state index in [4.69, 9.17) is 0 Å². The quantitative estimate of drug-likeness (QED) is 0.372. The molecule has 1 aromatic heterocycles. The molecule has 2 aromatic carbocycles. The molecule has 3 rings (SSSR count). The van der Waals surface area contributed by atoms with E-state index < -0.39 is 34.7 Å². The van der Waals surface area contributed by atoms with Gasteiger partial charge in [-0.1, -0.05) is 47.5 Å². The van der Waals surface area contributed by atoms with Crippen LogP contribution in [-0.4, -0.2) is 16.7 Å². The fraction of sp³-hybridized carbons (Fsp3) is 0.280. The third-order valence-electron chi connectivity index (χ3n) is 5.64. The second-order valence-electron chi connectivity index (χ2n) is 8.27. The fourth-order valence-electron chi connectivity index (χ4n) is 3.74. The molecule has 0 fully saturated rings. The highest BCUT2D eigenvalue weighted by Gasteiger charge is 2.74. The van der Waals surface area contributed by atoms with E-state index in [0.29, 0.717) is 17.2 Å². The largest absolute Gasteiger partial charge is 0.460 e. The summed E-state index contributed by atoms with van der Waals surface area (Å²) in [7, 11) is 0. The molecule has 0 saturated heterocycles. The van der Waals surface area contributed by atoms with Crippen molar-refractivity contribution in [1.29, 1.82) is 5.26 Å². The molecule has 0 N–H and O–H groups in total. The van der Waals surface area contributed by atoms with Gasteiger partial charge in [-0.3, -0.25) is 4.79 Å². The highest BCUT2D eigenvalue weighted by atomic mass is 19.4. The van der Waals surface area contributed by atoms with E-state index in [1.807, 2.05) is 6.92 Å². The Morgan fingerprint density at radius 2 is 1.51 bits per heavy atom. The van der Waals surface area contributed by atoms with Gasteiger partial charge in [-0.25, -0.2) is 0 Å². The molecule has 0 aliphatic heterocycles. The van der Waals surface area contributed by atoms with Crippen LogP contribution in [0.25, 0.3) is 11.3 Å². The Balaban J connectivity index is 2.40. The number of aryl methyl sites for hydroxylation is 3. The zero-order valence-corrected chi connectivity index (χ0v) is 18.8. The average Bonchev–Trinajstić information content (AvgIpc) is 2.75. The number of benzene rings is 2. The maximum absolute atomic E-state index is 14.7. The lowest BCUT2D eigenvalue weighted by molar-refractivity contribution is -0.359. The molecule has 0 spiro atoms. The van der Waals surface area contributed by atoms with E-state index in [9.17, 15) is 40.8 Å². The van der Waals surface area contributed by atoms with Crippen LogP contribution < -0.4 is 5.56 Å². The van der Waals surface area contributed by atoms with Crippen LogP contribution in [0.1, 0.15) is 33.4 Å². The van der Waals surface area contributed by atoms with Crippen LogP contribution in [0.3, 0.4) is 0 Å². The van der Waals surface area contributed by atoms with E-state index in [1.165, 1.54) is 18.2 Å². The molecule has 35 heavy (non-hydrogen) atoms. The predicted molar refractivity (Wildman–Crippen MR) is 116 cm³/mol. The van der Waals surface area contributed by atoms with Crippen molar-refractivity contribution in [3.05, 3.63) is 92.3 Å². The Morgan fingerprint density at radius 1 is 0.886 bits per heavy atom. The lowest BCUT2D eigenvalue weighted by Crippen LogP contribution is -2.51.